The number of imide groups is 1. The zero-order valence-electron chi connectivity index (χ0n) is 20.0. The zero-order valence-corrected chi connectivity index (χ0v) is 20.8. The van der Waals surface area contributed by atoms with Gasteiger partial charge in [-0.15, -0.1) is 0 Å². The van der Waals surface area contributed by atoms with E-state index in [1.165, 1.54) is 16.7 Å². The van der Waals surface area contributed by atoms with E-state index in [2.05, 4.69) is 53.8 Å². The Morgan fingerprint density at radius 2 is 1.67 bits per heavy atom. The van der Waals surface area contributed by atoms with E-state index in [0.29, 0.717) is 24.0 Å². The average Bonchev–Trinajstić information content (AvgIpc) is 3.49. The highest BCUT2D eigenvalue weighted by Crippen LogP contribution is 2.31. The molecule has 3 aromatic rings. The van der Waals surface area contributed by atoms with Crippen LogP contribution in [0.5, 0.6) is 0 Å². The molecule has 1 aliphatic heterocycles. The van der Waals surface area contributed by atoms with Crippen LogP contribution in [0.3, 0.4) is 0 Å². The summed E-state index contributed by atoms with van der Waals surface area (Å²) in [5.74, 6) is 0.176. The van der Waals surface area contributed by atoms with E-state index in [-0.39, 0.29) is 17.3 Å². The predicted octanol–water partition coefficient (Wildman–Crippen LogP) is 6.58. The highest BCUT2D eigenvalue weighted by Gasteiger charge is 2.26. The van der Waals surface area contributed by atoms with Crippen LogP contribution in [0.25, 0.3) is 17.2 Å². The normalized spacial score (nSPS) is 20.7. The maximum Gasteiger partial charge on any atom is 0.290 e. The number of benzene rings is 3. The van der Waals surface area contributed by atoms with Crippen molar-refractivity contribution in [3.05, 3.63) is 100 Å². The number of carbonyl (C=O) groups is 2. The van der Waals surface area contributed by atoms with Crippen molar-refractivity contribution in [2.45, 2.75) is 38.6 Å². The molecule has 2 fully saturated rings. The van der Waals surface area contributed by atoms with Crippen LogP contribution in [0.15, 0.2) is 83.8 Å². The minimum absolute atomic E-state index is 0.271. The molecule has 0 spiro atoms. The van der Waals surface area contributed by atoms with Crippen molar-refractivity contribution >= 4 is 29.0 Å². The fourth-order valence-electron chi connectivity index (χ4n) is 4.71. The largest absolute Gasteiger partial charge is 0.376 e. The van der Waals surface area contributed by atoms with Crippen molar-refractivity contribution in [3.63, 3.8) is 0 Å². The van der Waals surface area contributed by atoms with Gasteiger partial charge in [-0.1, -0.05) is 78.9 Å². The van der Waals surface area contributed by atoms with Gasteiger partial charge in [0.2, 0.25) is 0 Å². The molecule has 1 saturated carbocycles. The van der Waals surface area contributed by atoms with Crippen molar-refractivity contribution < 1.29 is 19.1 Å². The summed E-state index contributed by atoms with van der Waals surface area (Å²) < 4.78 is 12.3. The lowest BCUT2D eigenvalue weighted by atomic mass is 10.0. The van der Waals surface area contributed by atoms with Gasteiger partial charge in [-0.2, -0.15) is 0 Å². The first-order chi connectivity index (χ1) is 17.6. The first kappa shape index (κ1) is 24.5. The Kier molecular flexibility index (Phi) is 7.96. The summed E-state index contributed by atoms with van der Waals surface area (Å²) in [5.41, 5.74) is 5.64. The molecule has 1 saturated heterocycles. The Morgan fingerprint density at radius 3 is 2.44 bits per heavy atom. The minimum atomic E-state index is -0.336. The van der Waals surface area contributed by atoms with E-state index in [9.17, 15) is 9.59 Å². The van der Waals surface area contributed by atoms with E-state index >= 15 is 0 Å². The molecule has 5 rings (SSSR count). The molecule has 2 amide bonds. The Labute approximate surface area is 215 Å². The van der Waals surface area contributed by atoms with Crippen LogP contribution in [0.1, 0.15) is 36.0 Å². The van der Waals surface area contributed by atoms with Crippen LogP contribution in [-0.4, -0.2) is 23.9 Å². The summed E-state index contributed by atoms with van der Waals surface area (Å²) in [6, 6.07) is 26.8. The Balaban J connectivity index is 1.06. The third kappa shape index (κ3) is 6.32. The summed E-state index contributed by atoms with van der Waals surface area (Å²) in [6.45, 7) is 1.91. The van der Waals surface area contributed by atoms with Gasteiger partial charge >= 0.3 is 0 Å². The fourth-order valence-corrected chi connectivity index (χ4v) is 5.39. The molecule has 6 heteroatoms. The number of hydrogen-bond acceptors (Lipinski definition) is 5. The molecule has 184 valence electrons. The van der Waals surface area contributed by atoms with E-state index in [1.54, 1.807) is 6.08 Å². The van der Waals surface area contributed by atoms with Crippen LogP contribution in [0.2, 0.25) is 0 Å². The van der Waals surface area contributed by atoms with Gasteiger partial charge in [-0.05, 0) is 70.8 Å². The van der Waals surface area contributed by atoms with Gasteiger partial charge in [-0.3, -0.25) is 14.9 Å². The monoisotopic (exact) mass is 499 g/mol. The van der Waals surface area contributed by atoms with E-state index < -0.39 is 0 Å². The lowest BCUT2D eigenvalue weighted by Crippen LogP contribution is -2.17. The molecule has 5 nitrogen and oxygen atoms in total. The lowest BCUT2D eigenvalue weighted by molar-refractivity contribution is -0.115. The van der Waals surface area contributed by atoms with Crippen molar-refractivity contribution in [2.24, 2.45) is 5.92 Å². The number of amides is 2. The SMILES string of the molecule is O=C1NC(=O)/C(=C\c2ccc(COC[C@H]3CC[C@H](OCc4ccccc4-c4ccccc4)C3)cc2)S1. The van der Waals surface area contributed by atoms with Gasteiger partial charge < -0.3 is 9.47 Å². The van der Waals surface area contributed by atoms with Crippen LogP contribution in [0, 0.1) is 5.92 Å². The minimum Gasteiger partial charge on any atom is -0.376 e. The smallest absolute Gasteiger partial charge is 0.290 e. The first-order valence-corrected chi connectivity index (χ1v) is 13.1. The van der Waals surface area contributed by atoms with Gasteiger partial charge in [-0.25, -0.2) is 0 Å². The molecule has 0 radical (unpaired) electrons. The van der Waals surface area contributed by atoms with Crippen LogP contribution in [0.4, 0.5) is 4.79 Å². The Bertz CT molecular complexity index is 1240. The molecule has 1 N–H and O–H groups in total. The maximum atomic E-state index is 11.7. The van der Waals surface area contributed by atoms with Crippen LogP contribution in [-0.2, 0) is 27.5 Å². The maximum absolute atomic E-state index is 11.7. The van der Waals surface area contributed by atoms with Crippen molar-refractivity contribution in [3.8, 4) is 11.1 Å². The molecule has 1 heterocycles. The van der Waals surface area contributed by atoms with Crippen LogP contribution >= 0.6 is 11.8 Å². The van der Waals surface area contributed by atoms with Gasteiger partial charge in [0.05, 0.1) is 24.2 Å². The summed E-state index contributed by atoms with van der Waals surface area (Å²) in [5, 5.41) is 1.94. The molecule has 2 aliphatic rings. The number of hydrogen-bond donors (Lipinski definition) is 1. The lowest BCUT2D eigenvalue weighted by Gasteiger charge is -2.15. The van der Waals surface area contributed by atoms with Crippen molar-refractivity contribution in [1.29, 1.82) is 0 Å². The third-order valence-electron chi connectivity index (χ3n) is 6.61. The molecular weight excluding hydrogens is 470 g/mol. The quantitative estimate of drug-likeness (QED) is 0.337. The second-order valence-electron chi connectivity index (χ2n) is 9.24. The second kappa shape index (κ2) is 11.7. The topological polar surface area (TPSA) is 64.6 Å². The summed E-state index contributed by atoms with van der Waals surface area (Å²) in [4.78, 5) is 23.4. The standard InChI is InChI=1S/C30H29NO4S/c32-29-28(36-30(33)31-29)17-21-10-12-22(13-11-21)18-34-19-23-14-15-26(16-23)35-20-25-8-4-5-9-27(25)24-6-2-1-3-7-24/h1-13,17,23,26H,14-16,18-20H2,(H,31,32,33)/b28-17+/t23-,26-/m0/s1. The first-order valence-electron chi connectivity index (χ1n) is 12.3. The Hall–Kier alpha value is -3.19. The molecule has 3 aromatic carbocycles. The number of carbonyl (C=O) groups excluding carboxylic acids is 2. The van der Waals surface area contributed by atoms with Gasteiger partial charge in [0.25, 0.3) is 11.1 Å². The van der Waals surface area contributed by atoms with E-state index in [1.807, 2.05) is 30.3 Å². The molecule has 0 aromatic heterocycles. The van der Waals surface area contributed by atoms with Crippen LogP contribution < -0.4 is 5.32 Å². The summed E-state index contributed by atoms with van der Waals surface area (Å²) in [6.07, 6.45) is 5.21. The summed E-state index contributed by atoms with van der Waals surface area (Å²) >= 11 is 0.929. The molecule has 36 heavy (non-hydrogen) atoms. The number of thioether (sulfide) groups is 1. The van der Waals surface area contributed by atoms with Gasteiger partial charge in [0.15, 0.2) is 0 Å². The molecule has 0 bridgehead atoms. The number of rotatable bonds is 9. The van der Waals surface area contributed by atoms with Crippen molar-refractivity contribution in [2.75, 3.05) is 6.61 Å². The molecular formula is C30H29NO4S. The van der Waals surface area contributed by atoms with E-state index in [4.69, 9.17) is 9.47 Å². The zero-order chi connectivity index (χ0) is 24.7. The van der Waals surface area contributed by atoms with E-state index in [0.717, 1.165) is 48.8 Å². The highest BCUT2D eigenvalue weighted by atomic mass is 32.2. The summed E-state index contributed by atoms with van der Waals surface area (Å²) in [7, 11) is 0. The third-order valence-corrected chi connectivity index (χ3v) is 7.42. The fraction of sp³-hybridized carbons (Fsp3) is 0.267. The predicted molar refractivity (Wildman–Crippen MR) is 143 cm³/mol. The van der Waals surface area contributed by atoms with Crippen molar-refractivity contribution in [1.82, 2.24) is 5.32 Å². The number of nitrogens with one attached hydrogen (secondary N) is 1. The van der Waals surface area contributed by atoms with Gasteiger partial charge in [0, 0.05) is 6.61 Å². The Morgan fingerprint density at radius 1 is 0.889 bits per heavy atom. The highest BCUT2D eigenvalue weighted by molar-refractivity contribution is 8.18. The second-order valence-corrected chi connectivity index (χ2v) is 10.3. The molecule has 1 aliphatic carbocycles. The number of ether oxygens (including phenoxy) is 2. The molecule has 2 atom stereocenters. The molecule has 0 unspecified atom stereocenters. The van der Waals surface area contributed by atoms with Gasteiger partial charge in [0.1, 0.15) is 0 Å². The average molecular weight is 500 g/mol.